The molecule has 0 aromatic rings. The third-order valence-corrected chi connectivity index (χ3v) is 2.81. The molecule has 0 amide bonds. The molecule has 0 saturated heterocycles. The average molecular weight is 220 g/mol. The number of hydrogen-bond acceptors (Lipinski definition) is 1. The first-order valence-electron chi connectivity index (χ1n) is 6.05. The standard InChI is InChI=1S/C15H24O/c1-6-12(4)10-9-11-13(5)14(7-2)15(16)8-3/h6-7,11-12H,1,8-10H2,2-5H3. The molecular weight excluding hydrogens is 196 g/mol. The van der Waals surface area contributed by atoms with Crippen LogP contribution in [-0.4, -0.2) is 5.78 Å². The number of carbonyl (C=O) groups excluding carboxylic acids is 1. The largest absolute Gasteiger partial charge is 0.294 e. The fourth-order valence-electron chi connectivity index (χ4n) is 1.59. The minimum Gasteiger partial charge on any atom is -0.294 e. The summed E-state index contributed by atoms with van der Waals surface area (Å²) in [6.45, 7) is 11.8. The molecule has 0 rings (SSSR count). The Balaban J connectivity index is 4.41. The van der Waals surface area contributed by atoms with Gasteiger partial charge in [-0.3, -0.25) is 4.79 Å². The van der Waals surface area contributed by atoms with E-state index in [0.29, 0.717) is 12.3 Å². The molecule has 0 N–H and O–H groups in total. The number of ketones is 1. The van der Waals surface area contributed by atoms with Crippen LogP contribution in [0.1, 0.15) is 47.0 Å². The topological polar surface area (TPSA) is 17.1 Å². The van der Waals surface area contributed by atoms with Gasteiger partial charge in [0, 0.05) is 12.0 Å². The van der Waals surface area contributed by atoms with E-state index in [4.69, 9.17) is 0 Å². The number of Topliss-reactive ketones (excluding diaryl/α,β-unsaturated/α-hetero) is 1. The second kappa shape index (κ2) is 8.09. The maximum Gasteiger partial charge on any atom is 0.162 e. The molecule has 0 radical (unpaired) electrons. The molecule has 0 aromatic heterocycles. The van der Waals surface area contributed by atoms with Crippen molar-refractivity contribution in [3.05, 3.63) is 36.0 Å². The molecular formula is C15H24O. The van der Waals surface area contributed by atoms with Gasteiger partial charge in [0.15, 0.2) is 5.78 Å². The zero-order valence-corrected chi connectivity index (χ0v) is 11.0. The van der Waals surface area contributed by atoms with Crippen LogP contribution in [-0.2, 0) is 4.79 Å². The molecule has 0 heterocycles. The van der Waals surface area contributed by atoms with Crippen molar-refractivity contribution in [2.45, 2.75) is 47.0 Å². The van der Waals surface area contributed by atoms with Crippen LogP contribution in [0.5, 0.6) is 0 Å². The zero-order valence-electron chi connectivity index (χ0n) is 11.0. The van der Waals surface area contributed by atoms with Gasteiger partial charge in [0.25, 0.3) is 0 Å². The first-order chi connectivity index (χ1) is 7.56. The van der Waals surface area contributed by atoms with Crippen molar-refractivity contribution in [1.29, 1.82) is 0 Å². The van der Waals surface area contributed by atoms with Gasteiger partial charge >= 0.3 is 0 Å². The Morgan fingerprint density at radius 3 is 2.50 bits per heavy atom. The van der Waals surface area contributed by atoms with Crippen molar-refractivity contribution in [1.82, 2.24) is 0 Å². The van der Waals surface area contributed by atoms with E-state index in [1.807, 2.05) is 32.9 Å². The predicted octanol–water partition coefficient (Wildman–Crippen LogP) is 4.46. The molecule has 1 nitrogen and oxygen atoms in total. The summed E-state index contributed by atoms with van der Waals surface area (Å²) in [5.74, 6) is 0.771. The van der Waals surface area contributed by atoms with E-state index >= 15 is 0 Å². The highest BCUT2D eigenvalue weighted by atomic mass is 16.1. The van der Waals surface area contributed by atoms with Gasteiger partial charge in [-0.15, -0.1) is 6.58 Å². The highest BCUT2D eigenvalue weighted by Gasteiger charge is 2.07. The van der Waals surface area contributed by atoms with Crippen molar-refractivity contribution in [3.8, 4) is 0 Å². The van der Waals surface area contributed by atoms with Gasteiger partial charge in [-0.05, 0) is 38.2 Å². The van der Waals surface area contributed by atoms with E-state index in [9.17, 15) is 4.79 Å². The van der Waals surface area contributed by atoms with Crippen molar-refractivity contribution < 1.29 is 4.79 Å². The minimum atomic E-state index is 0.230. The summed E-state index contributed by atoms with van der Waals surface area (Å²) in [6.07, 6.45) is 8.72. The molecule has 16 heavy (non-hydrogen) atoms. The Kier molecular flexibility index (Phi) is 7.53. The number of hydrogen-bond donors (Lipinski definition) is 0. The summed E-state index contributed by atoms with van der Waals surface area (Å²) in [4.78, 5) is 11.6. The van der Waals surface area contributed by atoms with Crippen molar-refractivity contribution in [3.63, 3.8) is 0 Å². The van der Waals surface area contributed by atoms with Crippen molar-refractivity contribution >= 4 is 5.78 Å². The maximum absolute atomic E-state index is 11.6. The first kappa shape index (κ1) is 14.9. The molecule has 1 unspecified atom stereocenters. The van der Waals surface area contributed by atoms with Crippen molar-refractivity contribution in [2.75, 3.05) is 0 Å². The molecule has 0 bridgehead atoms. The Hall–Kier alpha value is -1.11. The minimum absolute atomic E-state index is 0.230. The lowest BCUT2D eigenvalue weighted by Gasteiger charge is -2.06. The maximum atomic E-state index is 11.6. The van der Waals surface area contributed by atoms with Gasteiger partial charge in [-0.25, -0.2) is 0 Å². The van der Waals surface area contributed by atoms with Crippen LogP contribution in [0.2, 0.25) is 0 Å². The summed E-state index contributed by atoms with van der Waals surface area (Å²) < 4.78 is 0. The van der Waals surface area contributed by atoms with Gasteiger partial charge in [0.2, 0.25) is 0 Å². The van der Waals surface area contributed by atoms with Crippen molar-refractivity contribution in [2.24, 2.45) is 5.92 Å². The molecule has 0 aliphatic rings. The van der Waals surface area contributed by atoms with Crippen LogP contribution >= 0.6 is 0 Å². The fourth-order valence-corrected chi connectivity index (χ4v) is 1.59. The molecule has 1 heteroatoms. The van der Waals surface area contributed by atoms with Crippen LogP contribution in [0.15, 0.2) is 36.0 Å². The van der Waals surface area contributed by atoms with Gasteiger partial charge < -0.3 is 0 Å². The summed E-state index contributed by atoms with van der Waals surface area (Å²) in [7, 11) is 0. The molecule has 0 spiro atoms. The quantitative estimate of drug-likeness (QED) is 0.352. The third-order valence-electron chi connectivity index (χ3n) is 2.81. The van der Waals surface area contributed by atoms with Crippen LogP contribution < -0.4 is 0 Å². The number of allylic oxidation sites excluding steroid dienone is 5. The van der Waals surface area contributed by atoms with Crippen LogP contribution in [0.25, 0.3) is 0 Å². The van der Waals surface area contributed by atoms with E-state index in [-0.39, 0.29) is 5.78 Å². The Labute approximate surface area is 99.9 Å². The molecule has 0 saturated carbocycles. The summed E-state index contributed by atoms with van der Waals surface area (Å²) in [5, 5.41) is 0. The third kappa shape index (κ3) is 5.11. The summed E-state index contributed by atoms with van der Waals surface area (Å²) in [6, 6.07) is 0. The highest BCUT2D eigenvalue weighted by Crippen LogP contribution is 2.15. The molecule has 1 atom stereocenters. The first-order valence-corrected chi connectivity index (χ1v) is 6.05. The van der Waals surface area contributed by atoms with E-state index in [1.54, 1.807) is 0 Å². The number of carbonyl (C=O) groups is 1. The second-order valence-electron chi connectivity index (χ2n) is 4.16. The van der Waals surface area contributed by atoms with Gasteiger partial charge in [-0.1, -0.05) is 32.1 Å². The van der Waals surface area contributed by atoms with E-state index in [0.717, 1.165) is 24.0 Å². The lowest BCUT2D eigenvalue weighted by Crippen LogP contribution is -2.01. The lowest BCUT2D eigenvalue weighted by molar-refractivity contribution is -0.115. The monoisotopic (exact) mass is 220 g/mol. The smallest absolute Gasteiger partial charge is 0.162 e. The summed E-state index contributed by atoms with van der Waals surface area (Å²) >= 11 is 0. The Morgan fingerprint density at radius 1 is 1.44 bits per heavy atom. The SMILES string of the molecule is C=CC(C)CCC=C(C)C(=CC)C(=O)CC. The molecule has 0 aromatic carbocycles. The van der Waals surface area contributed by atoms with Gasteiger partial charge in [0.1, 0.15) is 0 Å². The molecule has 0 aliphatic heterocycles. The lowest BCUT2D eigenvalue weighted by atomic mass is 9.98. The second-order valence-corrected chi connectivity index (χ2v) is 4.16. The van der Waals surface area contributed by atoms with E-state index in [1.165, 1.54) is 0 Å². The molecule has 90 valence electrons. The van der Waals surface area contributed by atoms with Crippen LogP contribution in [0, 0.1) is 5.92 Å². The van der Waals surface area contributed by atoms with Crippen LogP contribution in [0.3, 0.4) is 0 Å². The predicted molar refractivity (Wildman–Crippen MR) is 71.4 cm³/mol. The van der Waals surface area contributed by atoms with E-state index in [2.05, 4.69) is 19.6 Å². The summed E-state index contributed by atoms with van der Waals surface area (Å²) in [5.41, 5.74) is 1.97. The van der Waals surface area contributed by atoms with Crippen LogP contribution in [0.4, 0.5) is 0 Å². The Morgan fingerprint density at radius 2 is 2.06 bits per heavy atom. The zero-order chi connectivity index (χ0) is 12.6. The number of rotatable bonds is 7. The van der Waals surface area contributed by atoms with E-state index < -0.39 is 0 Å². The average Bonchev–Trinajstić information content (AvgIpc) is 2.29. The van der Waals surface area contributed by atoms with Gasteiger partial charge in [0.05, 0.1) is 0 Å². The molecule has 0 aliphatic carbocycles. The highest BCUT2D eigenvalue weighted by molar-refractivity contribution is 5.99. The van der Waals surface area contributed by atoms with Gasteiger partial charge in [-0.2, -0.15) is 0 Å². The normalized spacial score (nSPS) is 14.8. The Bertz CT molecular complexity index is 295. The molecule has 0 fully saturated rings. The fraction of sp³-hybridized carbons (Fsp3) is 0.533.